The Labute approximate surface area is 246 Å². The number of hydrogen-bond donors (Lipinski definition) is 2. The van der Waals surface area contributed by atoms with Crippen molar-refractivity contribution in [3.63, 3.8) is 0 Å². The van der Waals surface area contributed by atoms with Crippen LogP contribution in [0.5, 0.6) is 11.5 Å². The molecule has 0 atom stereocenters. The van der Waals surface area contributed by atoms with Crippen molar-refractivity contribution in [2.24, 2.45) is 0 Å². The van der Waals surface area contributed by atoms with Crippen molar-refractivity contribution in [2.75, 3.05) is 37.4 Å². The van der Waals surface area contributed by atoms with Gasteiger partial charge in [-0.15, -0.1) is 0 Å². The lowest BCUT2D eigenvalue weighted by molar-refractivity contribution is 0.00739. The largest absolute Gasteiger partial charge is 0.453 e. The van der Waals surface area contributed by atoms with E-state index in [-0.39, 0.29) is 34.3 Å². The number of hydrogen-bond acceptors (Lipinski definition) is 8. The van der Waals surface area contributed by atoms with Gasteiger partial charge in [0.1, 0.15) is 28.5 Å². The third-order valence-corrected chi connectivity index (χ3v) is 6.81. The fraction of sp³-hybridized carbons (Fsp3) is 0.226. The molecule has 1 aliphatic rings. The molecule has 3 heterocycles. The van der Waals surface area contributed by atoms with Gasteiger partial charge in [0.25, 0.3) is 11.5 Å². The van der Waals surface area contributed by atoms with Gasteiger partial charge in [-0.2, -0.15) is 9.78 Å². The quantitative estimate of drug-likeness (QED) is 0.325. The molecule has 0 spiro atoms. The van der Waals surface area contributed by atoms with E-state index in [0.717, 1.165) is 23.8 Å². The van der Waals surface area contributed by atoms with Crippen LogP contribution in [0.3, 0.4) is 0 Å². The molecule has 10 nitrogen and oxygen atoms in total. The summed E-state index contributed by atoms with van der Waals surface area (Å²) in [5.74, 6) is 4.46. The Morgan fingerprint density at radius 1 is 1.05 bits per heavy atom. The maximum absolute atomic E-state index is 15.2. The summed E-state index contributed by atoms with van der Waals surface area (Å²) < 4.78 is 40.7. The van der Waals surface area contributed by atoms with Gasteiger partial charge in [-0.3, -0.25) is 14.5 Å². The molecule has 0 aliphatic carbocycles. The minimum Gasteiger partial charge on any atom is -0.453 e. The second-order valence-corrected chi connectivity index (χ2v) is 10.1. The average Bonchev–Trinajstić information content (AvgIpc) is 2.99. The lowest BCUT2D eigenvalue weighted by atomic mass is 10.0. The molecule has 1 aliphatic heterocycles. The van der Waals surface area contributed by atoms with Gasteiger partial charge in [-0.1, -0.05) is 11.8 Å². The number of carbonyl (C=O) groups is 1. The normalized spacial score (nSPS) is 13.6. The van der Waals surface area contributed by atoms with Crippen molar-refractivity contribution in [2.45, 2.75) is 19.4 Å². The van der Waals surface area contributed by atoms with E-state index in [0.29, 0.717) is 18.8 Å². The molecule has 43 heavy (non-hydrogen) atoms. The minimum atomic E-state index is -0.779. The topological polar surface area (TPSA) is 125 Å². The predicted molar refractivity (Wildman–Crippen MR) is 156 cm³/mol. The van der Waals surface area contributed by atoms with Gasteiger partial charge in [0.2, 0.25) is 0 Å². The Morgan fingerprint density at radius 3 is 2.51 bits per heavy atom. The van der Waals surface area contributed by atoms with Crippen LogP contribution in [0, 0.1) is 23.5 Å². The second kappa shape index (κ2) is 12.4. The van der Waals surface area contributed by atoms with Crippen molar-refractivity contribution in [1.82, 2.24) is 19.7 Å². The van der Waals surface area contributed by atoms with E-state index in [9.17, 15) is 14.0 Å². The molecule has 4 aromatic rings. The molecule has 1 saturated heterocycles. The minimum absolute atomic E-state index is 0.0842. The van der Waals surface area contributed by atoms with Crippen molar-refractivity contribution in [3.8, 4) is 29.0 Å². The molecular weight excluding hydrogens is 558 g/mol. The van der Waals surface area contributed by atoms with Gasteiger partial charge in [0, 0.05) is 43.3 Å². The maximum Gasteiger partial charge on any atom is 0.284 e. The molecular formula is C31H28F2N6O4. The molecule has 5 rings (SSSR count). The number of carbonyl (C=O) groups excluding carboxylic acids is 1. The summed E-state index contributed by atoms with van der Waals surface area (Å²) in [6.45, 7) is 6.73. The molecule has 12 heteroatoms. The van der Waals surface area contributed by atoms with Crippen molar-refractivity contribution >= 4 is 17.4 Å². The van der Waals surface area contributed by atoms with Crippen LogP contribution in [0.25, 0.3) is 5.69 Å². The fourth-order valence-electron chi connectivity index (χ4n) is 4.42. The summed E-state index contributed by atoms with van der Waals surface area (Å²) in [5, 5.41) is 6.46. The zero-order chi connectivity index (χ0) is 30.6. The summed E-state index contributed by atoms with van der Waals surface area (Å²) in [5.41, 5.74) is 5.33. The summed E-state index contributed by atoms with van der Waals surface area (Å²) in [6.07, 6.45) is 2.70. The number of nitrogens with zero attached hydrogens (tertiary/aromatic N) is 4. The second-order valence-electron chi connectivity index (χ2n) is 10.1. The lowest BCUT2D eigenvalue weighted by Gasteiger charge is -2.37. The third kappa shape index (κ3) is 6.69. The number of halogens is 2. The van der Waals surface area contributed by atoms with Gasteiger partial charge >= 0.3 is 0 Å². The van der Waals surface area contributed by atoms with E-state index in [1.165, 1.54) is 60.9 Å². The third-order valence-electron chi connectivity index (χ3n) is 6.81. The lowest BCUT2D eigenvalue weighted by Crippen LogP contribution is -2.49. The number of morpholine rings is 1. The molecule has 220 valence electrons. The number of ether oxygens (including phenoxy) is 2. The molecule has 2 aromatic heterocycles. The predicted octanol–water partition coefficient (Wildman–Crippen LogP) is 3.99. The van der Waals surface area contributed by atoms with E-state index in [4.69, 9.17) is 15.2 Å². The van der Waals surface area contributed by atoms with Crippen molar-refractivity contribution in [1.29, 1.82) is 0 Å². The molecule has 0 saturated carbocycles. The van der Waals surface area contributed by atoms with Crippen LogP contribution in [0.15, 0.2) is 71.8 Å². The summed E-state index contributed by atoms with van der Waals surface area (Å²) >= 11 is 0. The van der Waals surface area contributed by atoms with Crippen LogP contribution in [0.1, 0.15) is 29.8 Å². The van der Waals surface area contributed by atoms with E-state index >= 15 is 4.39 Å². The van der Waals surface area contributed by atoms with E-state index in [1.807, 2.05) is 13.8 Å². The number of amides is 1. The van der Waals surface area contributed by atoms with Gasteiger partial charge in [0.15, 0.2) is 11.6 Å². The highest BCUT2D eigenvalue weighted by Crippen LogP contribution is 2.31. The molecule has 0 unspecified atom stereocenters. The van der Waals surface area contributed by atoms with Gasteiger partial charge in [-0.05, 0) is 56.3 Å². The Bertz CT molecular complexity index is 1770. The van der Waals surface area contributed by atoms with Crippen LogP contribution in [-0.4, -0.2) is 57.4 Å². The van der Waals surface area contributed by atoms with Crippen LogP contribution < -0.4 is 21.3 Å². The molecule has 1 fully saturated rings. The van der Waals surface area contributed by atoms with E-state index < -0.39 is 28.6 Å². The highest BCUT2D eigenvalue weighted by Gasteiger charge is 2.26. The van der Waals surface area contributed by atoms with Crippen molar-refractivity contribution < 1.29 is 23.0 Å². The number of rotatable bonds is 6. The number of benzene rings is 2. The van der Waals surface area contributed by atoms with Gasteiger partial charge in [-0.25, -0.2) is 13.8 Å². The zero-order valence-electron chi connectivity index (χ0n) is 23.4. The number of anilines is 2. The van der Waals surface area contributed by atoms with Gasteiger partial charge < -0.3 is 20.5 Å². The highest BCUT2D eigenvalue weighted by molar-refractivity contribution is 6.04. The zero-order valence-corrected chi connectivity index (χ0v) is 23.4. The molecule has 0 bridgehead atoms. The van der Waals surface area contributed by atoms with Crippen LogP contribution >= 0.6 is 0 Å². The molecule has 1 amide bonds. The number of nitrogen functional groups attached to an aromatic ring is 1. The van der Waals surface area contributed by atoms with E-state index in [2.05, 4.69) is 32.1 Å². The van der Waals surface area contributed by atoms with E-state index in [1.54, 1.807) is 0 Å². The van der Waals surface area contributed by atoms with Crippen molar-refractivity contribution in [3.05, 3.63) is 100 Å². The first-order chi connectivity index (χ1) is 20.6. The Kier molecular flexibility index (Phi) is 8.47. The summed E-state index contributed by atoms with van der Waals surface area (Å²) in [4.78, 5) is 32.1. The smallest absolute Gasteiger partial charge is 0.284 e. The average molecular weight is 587 g/mol. The maximum atomic E-state index is 15.2. The summed E-state index contributed by atoms with van der Waals surface area (Å²) in [7, 11) is 0. The molecule has 3 N–H and O–H groups in total. The van der Waals surface area contributed by atoms with Crippen LogP contribution in [-0.2, 0) is 4.74 Å². The number of pyridine rings is 1. The molecule has 2 aromatic carbocycles. The van der Waals surface area contributed by atoms with Crippen LogP contribution in [0.4, 0.5) is 20.3 Å². The Balaban J connectivity index is 1.34. The number of nitrogens with one attached hydrogen (secondary N) is 1. The Hall–Kier alpha value is -5.12. The number of nitrogens with two attached hydrogens (primary N) is 1. The molecule has 0 radical (unpaired) electrons. The van der Waals surface area contributed by atoms with Crippen LogP contribution in [0.2, 0.25) is 0 Å². The first kappa shape index (κ1) is 29.4. The monoisotopic (exact) mass is 586 g/mol. The highest BCUT2D eigenvalue weighted by atomic mass is 19.1. The standard InChI is InChI=1S/C31H28F2N6O4/c1-31(2,38-15-17-42-18-16-38)12-9-23-26(11-13-35-28(23)34)43-27-8-5-21(19-25(27)33)37-29(40)24-10-14-36-39(30(24)41)22-6-3-20(32)4-7-22/h3-8,10-11,13-14,19H,15-18H2,1-2H3,(H2,34,35)(H,37,40). The fourth-order valence-corrected chi connectivity index (χ4v) is 4.42. The summed E-state index contributed by atoms with van der Waals surface area (Å²) in [6, 6.07) is 11.7. The SMILES string of the molecule is CC(C)(C#Cc1c(Oc2ccc(NC(=O)c3ccnn(-c4ccc(F)cc4)c3=O)cc2F)ccnc1N)N1CCOCC1. The van der Waals surface area contributed by atoms with Gasteiger partial charge in [0.05, 0.1) is 24.4 Å². The number of aromatic nitrogens is 3. The first-order valence-corrected chi connectivity index (χ1v) is 13.4. The first-order valence-electron chi connectivity index (χ1n) is 13.4. The Morgan fingerprint density at radius 2 is 1.79 bits per heavy atom.